The maximum Gasteiger partial charge on any atom is 0.225 e. The van der Waals surface area contributed by atoms with Crippen LogP contribution in [0.15, 0.2) is 16.2 Å². The Morgan fingerprint density at radius 2 is 1.84 bits per heavy atom. The lowest BCUT2D eigenvalue weighted by atomic mass is 9.88. The minimum atomic E-state index is -0.473. The molecule has 138 valence electrons. The molecule has 2 saturated carbocycles. The van der Waals surface area contributed by atoms with Gasteiger partial charge in [0.1, 0.15) is 5.54 Å². The van der Waals surface area contributed by atoms with Crippen molar-refractivity contribution in [3.8, 4) is 0 Å². The van der Waals surface area contributed by atoms with Gasteiger partial charge in [-0.05, 0) is 38.0 Å². The molecule has 2 fully saturated rings. The fourth-order valence-corrected chi connectivity index (χ4v) is 4.39. The van der Waals surface area contributed by atoms with Gasteiger partial charge in [0.2, 0.25) is 11.8 Å². The molecule has 1 aromatic rings. The highest BCUT2D eigenvalue weighted by atomic mass is 16.5. The number of allylic oxidation sites excluding steroid dienone is 2. The second kappa shape index (κ2) is 6.58. The van der Waals surface area contributed by atoms with Gasteiger partial charge in [-0.1, -0.05) is 56.3 Å². The summed E-state index contributed by atoms with van der Waals surface area (Å²) in [4.78, 5) is 17.6. The lowest BCUT2D eigenvalue weighted by Crippen LogP contribution is -2.47. The largest absolute Gasteiger partial charge is 0.343 e. The Morgan fingerprint density at radius 3 is 2.36 bits per heavy atom. The molecule has 0 unspecified atom stereocenters. The first-order valence-electron chi connectivity index (χ1n) is 9.54. The van der Waals surface area contributed by atoms with Gasteiger partial charge < -0.3 is 9.84 Å². The Labute approximate surface area is 150 Å². The Bertz CT molecular complexity index is 662. The van der Waals surface area contributed by atoms with Crippen LogP contribution in [0.2, 0.25) is 0 Å². The van der Waals surface area contributed by atoms with E-state index in [0.717, 1.165) is 25.7 Å². The van der Waals surface area contributed by atoms with Crippen LogP contribution in [0.3, 0.4) is 0 Å². The van der Waals surface area contributed by atoms with Crippen molar-refractivity contribution in [1.29, 1.82) is 0 Å². The summed E-state index contributed by atoms with van der Waals surface area (Å²) in [7, 11) is 0. The van der Waals surface area contributed by atoms with Crippen molar-refractivity contribution in [2.75, 3.05) is 0 Å². The van der Waals surface area contributed by atoms with Gasteiger partial charge in [0.15, 0.2) is 5.82 Å². The van der Waals surface area contributed by atoms with Crippen LogP contribution in [0.4, 0.5) is 0 Å². The third-order valence-electron chi connectivity index (χ3n) is 5.98. The summed E-state index contributed by atoms with van der Waals surface area (Å²) in [5, 5.41) is 7.55. The molecule has 2 aliphatic rings. The Hall–Kier alpha value is -1.65. The predicted molar refractivity (Wildman–Crippen MR) is 96.7 cm³/mol. The summed E-state index contributed by atoms with van der Waals surface area (Å²) < 4.78 is 5.23. The van der Waals surface area contributed by atoms with E-state index in [2.05, 4.69) is 49.2 Å². The summed E-state index contributed by atoms with van der Waals surface area (Å²) in [6, 6.07) is 0. The molecule has 0 bridgehead atoms. The first-order chi connectivity index (χ1) is 11.8. The van der Waals surface area contributed by atoms with E-state index in [-0.39, 0.29) is 17.2 Å². The van der Waals surface area contributed by atoms with Crippen molar-refractivity contribution >= 4 is 5.91 Å². The zero-order valence-corrected chi connectivity index (χ0v) is 16.2. The van der Waals surface area contributed by atoms with Crippen LogP contribution in [0.25, 0.3) is 0 Å². The topological polar surface area (TPSA) is 68.0 Å². The zero-order chi connectivity index (χ0) is 18.2. The van der Waals surface area contributed by atoms with Gasteiger partial charge in [-0.15, -0.1) is 0 Å². The molecule has 2 atom stereocenters. The number of aryl methyl sites for hydroxylation is 1. The van der Waals surface area contributed by atoms with Crippen molar-refractivity contribution in [2.45, 2.75) is 78.7 Å². The van der Waals surface area contributed by atoms with Crippen molar-refractivity contribution in [3.63, 3.8) is 0 Å². The van der Waals surface area contributed by atoms with Gasteiger partial charge in [0, 0.05) is 6.92 Å². The van der Waals surface area contributed by atoms with Gasteiger partial charge in [-0.25, -0.2) is 0 Å². The predicted octanol–water partition coefficient (Wildman–Crippen LogP) is 4.28. The van der Waals surface area contributed by atoms with Gasteiger partial charge in [-0.3, -0.25) is 4.79 Å². The molecular formula is C20H31N3O2. The summed E-state index contributed by atoms with van der Waals surface area (Å²) in [6.45, 7) is 10.4. The number of carbonyl (C=O) groups is 1. The Kier molecular flexibility index (Phi) is 4.78. The van der Waals surface area contributed by atoms with Crippen LogP contribution in [-0.4, -0.2) is 16.0 Å². The molecule has 5 nitrogen and oxygen atoms in total. The minimum Gasteiger partial charge on any atom is -0.343 e. The zero-order valence-electron chi connectivity index (χ0n) is 16.2. The van der Waals surface area contributed by atoms with Gasteiger partial charge in [0.05, 0.1) is 5.92 Å². The molecule has 0 spiro atoms. The Balaban J connectivity index is 1.84. The van der Waals surface area contributed by atoms with Crippen molar-refractivity contribution in [1.82, 2.24) is 15.5 Å². The van der Waals surface area contributed by atoms with E-state index in [1.807, 2.05) is 0 Å². The summed E-state index contributed by atoms with van der Waals surface area (Å²) in [5.41, 5.74) is 0.811. The molecule has 0 radical (unpaired) electrons. The number of carbonyl (C=O) groups excluding carboxylic acids is 1. The second-order valence-electron chi connectivity index (χ2n) is 8.69. The molecule has 1 N–H and O–H groups in total. The summed E-state index contributed by atoms with van der Waals surface area (Å²) in [6.07, 6.45) is 8.57. The molecule has 1 heterocycles. The average molecular weight is 345 g/mol. The number of amides is 1. The quantitative estimate of drug-likeness (QED) is 0.653. The van der Waals surface area contributed by atoms with Crippen molar-refractivity contribution in [2.24, 2.45) is 17.3 Å². The van der Waals surface area contributed by atoms with Crippen LogP contribution in [0.1, 0.15) is 77.9 Å². The molecule has 25 heavy (non-hydrogen) atoms. The van der Waals surface area contributed by atoms with Crippen LogP contribution in [-0.2, 0) is 10.3 Å². The van der Waals surface area contributed by atoms with E-state index in [4.69, 9.17) is 4.52 Å². The maximum absolute atomic E-state index is 13.2. The van der Waals surface area contributed by atoms with E-state index in [1.165, 1.54) is 18.4 Å². The average Bonchev–Trinajstić information content (AvgIpc) is 2.90. The number of rotatable bonds is 4. The molecule has 3 rings (SSSR count). The van der Waals surface area contributed by atoms with Crippen molar-refractivity contribution in [3.05, 3.63) is 23.4 Å². The smallest absolute Gasteiger partial charge is 0.225 e. The molecule has 5 heteroatoms. The molecule has 0 saturated heterocycles. The van der Waals surface area contributed by atoms with Crippen LogP contribution >= 0.6 is 0 Å². The lowest BCUT2D eigenvalue weighted by molar-refractivity contribution is -0.125. The number of hydrogen-bond acceptors (Lipinski definition) is 4. The number of hydrogen-bond donors (Lipinski definition) is 1. The highest BCUT2D eigenvalue weighted by Crippen LogP contribution is 2.59. The standard InChI is InChI=1S/C20H31N3O2/c1-13(2)12-15-16(19(15,4)5)17(24)22-20(10-8-6-7-9-11-20)18-21-14(3)25-23-18/h12,15-16H,6-11H2,1-5H3,(H,22,24)/t15-,16-/m1/s1. The van der Waals surface area contributed by atoms with Gasteiger partial charge in [-0.2, -0.15) is 4.98 Å². The monoisotopic (exact) mass is 345 g/mol. The molecule has 1 aromatic heterocycles. The van der Waals surface area contributed by atoms with Gasteiger partial charge >= 0.3 is 0 Å². The third kappa shape index (κ3) is 3.51. The molecular weight excluding hydrogens is 314 g/mol. The SMILES string of the molecule is CC(C)=C[C@@H]1[C@H](C(=O)NC2(c3noc(C)n3)CCCCCC2)C1(C)C. The van der Waals surface area contributed by atoms with Crippen LogP contribution in [0, 0.1) is 24.2 Å². The lowest BCUT2D eigenvalue weighted by Gasteiger charge is -2.31. The molecule has 0 aliphatic heterocycles. The number of nitrogens with zero attached hydrogens (tertiary/aromatic N) is 2. The normalized spacial score (nSPS) is 27.2. The van der Waals surface area contributed by atoms with E-state index in [9.17, 15) is 4.79 Å². The molecule has 0 aromatic carbocycles. The Morgan fingerprint density at radius 1 is 1.20 bits per heavy atom. The third-order valence-corrected chi connectivity index (χ3v) is 5.98. The molecule has 2 aliphatic carbocycles. The van der Waals surface area contributed by atoms with E-state index in [1.54, 1.807) is 6.92 Å². The van der Waals surface area contributed by atoms with E-state index < -0.39 is 5.54 Å². The van der Waals surface area contributed by atoms with E-state index >= 15 is 0 Å². The summed E-state index contributed by atoms with van der Waals surface area (Å²) in [5.74, 6) is 1.68. The van der Waals surface area contributed by atoms with Crippen LogP contribution in [0.5, 0.6) is 0 Å². The minimum absolute atomic E-state index is 0.0143. The molecule has 1 amide bonds. The fourth-order valence-electron chi connectivity index (χ4n) is 4.39. The van der Waals surface area contributed by atoms with Crippen LogP contribution < -0.4 is 5.32 Å². The first kappa shape index (κ1) is 18.2. The first-order valence-corrected chi connectivity index (χ1v) is 9.54. The summed E-state index contributed by atoms with van der Waals surface area (Å²) >= 11 is 0. The van der Waals surface area contributed by atoms with Crippen molar-refractivity contribution < 1.29 is 9.32 Å². The maximum atomic E-state index is 13.2. The fraction of sp³-hybridized carbons (Fsp3) is 0.750. The number of aromatic nitrogens is 2. The highest BCUT2D eigenvalue weighted by Gasteiger charge is 2.61. The highest BCUT2D eigenvalue weighted by molar-refractivity contribution is 5.84. The van der Waals surface area contributed by atoms with E-state index in [0.29, 0.717) is 17.6 Å². The second-order valence-corrected chi connectivity index (χ2v) is 8.69. The number of nitrogens with one attached hydrogen (secondary N) is 1. The van der Waals surface area contributed by atoms with Gasteiger partial charge in [0.25, 0.3) is 0 Å².